The molecule has 0 aromatic carbocycles. The molecule has 1 aliphatic carbocycles. The first-order chi connectivity index (χ1) is 7.44. The number of hydrogen-bond donors (Lipinski definition) is 1. The van der Waals surface area contributed by atoms with Gasteiger partial charge >= 0.3 is 0 Å². The zero-order valence-electron chi connectivity index (χ0n) is 9.91. The average molecular weight is 239 g/mol. The highest BCUT2D eigenvalue weighted by Crippen LogP contribution is 2.42. The zero-order chi connectivity index (χ0) is 11.8. The maximum atomic E-state index is 11.7. The molecule has 1 aliphatic rings. The Labute approximate surface area is 99.5 Å². The van der Waals surface area contributed by atoms with E-state index < -0.39 is 0 Å². The lowest BCUT2D eigenvalue weighted by molar-refractivity contribution is -0.117. The van der Waals surface area contributed by atoms with Gasteiger partial charge < -0.3 is 5.32 Å². The van der Waals surface area contributed by atoms with E-state index in [1.165, 1.54) is 24.2 Å². The number of anilines is 1. The molecular formula is C11H17N3OS. The summed E-state index contributed by atoms with van der Waals surface area (Å²) >= 11 is 1.50. The van der Waals surface area contributed by atoms with Crippen LogP contribution in [0.25, 0.3) is 0 Å². The van der Waals surface area contributed by atoms with Gasteiger partial charge in [0.2, 0.25) is 11.0 Å². The van der Waals surface area contributed by atoms with Crippen LogP contribution in [0.3, 0.4) is 0 Å². The van der Waals surface area contributed by atoms with Gasteiger partial charge in [-0.3, -0.25) is 4.79 Å². The van der Waals surface area contributed by atoms with Crippen LogP contribution in [0.4, 0.5) is 5.13 Å². The van der Waals surface area contributed by atoms with Crippen molar-refractivity contribution in [3.63, 3.8) is 0 Å². The molecule has 0 spiro atoms. The number of hydrogen-bond acceptors (Lipinski definition) is 4. The van der Waals surface area contributed by atoms with Gasteiger partial charge in [-0.2, -0.15) is 0 Å². The predicted octanol–water partition coefficient (Wildman–Crippen LogP) is 2.79. The second-order valence-corrected chi connectivity index (χ2v) is 6.51. The Morgan fingerprint density at radius 2 is 2.12 bits per heavy atom. The molecule has 0 saturated heterocycles. The first kappa shape index (κ1) is 11.5. The van der Waals surface area contributed by atoms with E-state index in [2.05, 4.69) is 15.5 Å². The lowest BCUT2D eigenvalue weighted by atomic mass is 9.92. The van der Waals surface area contributed by atoms with Gasteiger partial charge in [-0.25, -0.2) is 0 Å². The molecule has 1 N–H and O–H groups in total. The van der Waals surface area contributed by atoms with Crippen molar-refractivity contribution < 1.29 is 4.79 Å². The number of rotatable bonds is 3. The molecule has 1 heterocycles. The summed E-state index contributed by atoms with van der Waals surface area (Å²) in [6, 6.07) is 0. The van der Waals surface area contributed by atoms with Crippen LogP contribution in [0.5, 0.6) is 0 Å². The van der Waals surface area contributed by atoms with E-state index in [4.69, 9.17) is 0 Å². The molecule has 1 saturated carbocycles. The SMILES string of the molecule is CC(C)(C)CC(=O)Nc1nnc(C2CC2)s1. The first-order valence-corrected chi connectivity index (χ1v) is 6.39. The normalized spacial score (nSPS) is 16.2. The standard InChI is InChI=1S/C11H17N3OS/c1-11(2,3)6-8(15)12-10-14-13-9(16-10)7-4-5-7/h7H,4-6H2,1-3H3,(H,12,14,15). The molecule has 0 radical (unpaired) electrons. The smallest absolute Gasteiger partial charge is 0.226 e. The molecule has 1 aromatic heterocycles. The predicted molar refractivity (Wildman–Crippen MR) is 64.6 cm³/mol. The minimum Gasteiger partial charge on any atom is -0.301 e. The Morgan fingerprint density at radius 1 is 1.44 bits per heavy atom. The third-order valence-corrected chi connectivity index (χ3v) is 3.31. The van der Waals surface area contributed by atoms with Crippen LogP contribution >= 0.6 is 11.3 Å². The summed E-state index contributed by atoms with van der Waals surface area (Å²) in [5, 5.41) is 12.6. The van der Waals surface area contributed by atoms with Gasteiger partial charge in [-0.1, -0.05) is 32.1 Å². The number of nitrogens with zero attached hydrogens (tertiary/aromatic N) is 2. The summed E-state index contributed by atoms with van der Waals surface area (Å²) in [5.41, 5.74) is 0.00803. The van der Waals surface area contributed by atoms with E-state index in [0.717, 1.165) is 5.01 Å². The lowest BCUT2D eigenvalue weighted by Gasteiger charge is -2.16. The first-order valence-electron chi connectivity index (χ1n) is 5.57. The molecule has 1 aromatic rings. The molecule has 4 nitrogen and oxygen atoms in total. The minimum absolute atomic E-state index is 0.00803. The van der Waals surface area contributed by atoms with Crippen LogP contribution in [0.2, 0.25) is 0 Å². The molecule has 2 rings (SSSR count). The molecule has 0 bridgehead atoms. The van der Waals surface area contributed by atoms with E-state index in [1.807, 2.05) is 20.8 Å². The van der Waals surface area contributed by atoms with Gasteiger partial charge in [-0.05, 0) is 18.3 Å². The zero-order valence-corrected chi connectivity index (χ0v) is 10.7. The second-order valence-electron chi connectivity index (χ2n) is 5.51. The number of carbonyl (C=O) groups is 1. The van der Waals surface area contributed by atoms with Gasteiger partial charge in [0, 0.05) is 12.3 Å². The second kappa shape index (κ2) is 4.13. The van der Waals surface area contributed by atoms with Crippen molar-refractivity contribution in [3.05, 3.63) is 5.01 Å². The highest BCUT2D eigenvalue weighted by Gasteiger charge is 2.28. The Hall–Kier alpha value is -0.970. The Balaban J connectivity index is 1.90. The largest absolute Gasteiger partial charge is 0.301 e. The maximum Gasteiger partial charge on any atom is 0.226 e. The van der Waals surface area contributed by atoms with Crippen molar-refractivity contribution in [2.45, 2.75) is 46.0 Å². The number of nitrogens with one attached hydrogen (secondary N) is 1. The van der Waals surface area contributed by atoms with Crippen LogP contribution in [-0.4, -0.2) is 16.1 Å². The van der Waals surface area contributed by atoms with E-state index in [0.29, 0.717) is 17.5 Å². The Kier molecular flexibility index (Phi) is 2.97. The minimum atomic E-state index is 0.00803. The average Bonchev–Trinajstić information content (AvgIpc) is 2.85. The summed E-state index contributed by atoms with van der Waals surface area (Å²) in [6.45, 7) is 6.13. The van der Waals surface area contributed by atoms with Crippen molar-refractivity contribution in [1.82, 2.24) is 10.2 Å². The molecular weight excluding hydrogens is 222 g/mol. The van der Waals surface area contributed by atoms with Crippen molar-refractivity contribution in [1.29, 1.82) is 0 Å². The monoisotopic (exact) mass is 239 g/mol. The summed E-state index contributed by atoms with van der Waals surface area (Å²) in [6.07, 6.45) is 2.93. The summed E-state index contributed by atoms with van der Waals surface area (Å²) in [5.74, 6) is 0.622. The van der Waals surface area contributed by atoms with Gasteiger partial charge in [0.15, 0.2) is 0 Å². The van der Waals surface area contributed by atoms with Gasteiger partial charge in [0.1, 0.15) is 5.01 Å². The third-order valence-electron chi connectivity index (χ3n) is 2.30. The fourth-order valence-electron chi connectivity index (χ4n) is 1.43. The van der Waals surface area contributed by atoms with Gasteiger partial charge in [0.05, 0.1) is 0 Å². The molecule has 1 amide bonds. The lowest BCUT2D eigenvalue weighted by Crippen LogP contribution is -2.19. The highest BCUT2D eigenvalue weighted by molar-refractivity contribution is 7.15. The van der Waals surface area contributed by atoms with Crippen molar-refractivity contribution >= 4 is 22.4 Å². The fraction of sp³-hybridized carbons (Fsp3) is 0.727. The van der Waals surface area contributed by atoms with Gasteiger partial charge in [-0.15, -0.1) is 10.2 Å². The number of aromatic nitrogens is 2. The fourth-order valence-corrected chi connectivity index (χ4v) is 2.35. The van der Waals surface area contributed by atoms with E-state index in [1.54, 1.807) is 0 Å². The summed E-state index contributed by atoms with van der Waals surface area (Å²) < 4.78 is 0. The van der Waals surface area contributed by atoms with Crippen LogP contribution in [0, 0.1) is 5.41 Å². The molecule has 1 fully saturated rings. The van der Waals surface area contributed by atoms with Crippen molar-refractivity contribution in [2.24, 2.45) is 5.41 Å². The summed E-state index contributed by atoms with van der Waals surface area (Å²) in [4.78, 5) is 11.7. The molecule has 5 heteroatoms. The Morgan fingerprint density at radius 3 is 2.69 bits per heavy atom. The molecule has 0 unspecified atom stereocenters. The van der Waals surface area contributed by atoms with Gasteiger partial charge in [0.25, 0.3) is 0 Å². The molecule has 88 valence electrons. The van der Waals surface area contributed by atoms with Crippen LogP contribution < -0.4 is 5.32 Å². The topological polar surface area (TPSA) is 54.9 Å². The number of carbonyl (C=O) groups excluding carboxylic acids is 1. The van der Waals surface area contributed by atoms with Crippen LogP contribution in [0.1, 0.15) is 51.0 Å². The quantitative estimate of drug-likeness (QED) is 0.882. The van der Waals surface area contributed by atoms with E-state index >= 15 is 0 Å². The molecule has 16 heavy (non-hydrogen) atoms. The highest BCUT2D eigenvalue weighted by atomic mass is 32.1. The third kappa shape index (κ3) is 3.27. The Bertz CT molecular complexity index is 390. The van der Waals surface area contributed by atoms with Crippen LogP contribution in [-0.2, 0) is 4.79 Å². The molecule has 0 aliphatic heterocycles. The van der Waals surface area contributed by atoms with Crippen LogP contribution in [0.15, 0.2) is 0 Å². The van der Waals surface area contributed by atoms with Crippen molar-refractivity contribution in [2.75, 3.05) is 5.32 Å². The van der Waals surface area contributed by atoms with E-state index in [9.17, 15) is 4.79 Å². The van der Waals surface area contributed by atoms with Crippen molar-refractivity contribution in [3.8, 4) is 0 Å². The summed E-state index contributed by atoms with van der Waals surface area (Å²) in [7, 11) is 0. The number of amides is 1. The van der Waals surface area contributed by atoms with E-state index in [-0.39, 0.29) is 11.3 Å². The molecule has 0 atom stereocenters. The maximum absolute atomic E-state index is 11.7.